The summed E-state index contributed by atoms with van der Waals surface area (Å²) < 4.78 is 5.96. The molecule has 0 bridgehead atoms. The Morgan fingerprint density at radius 1 is 1.13 bits per heavy atom. The van der Waals surface area contributed by atoms with Gasteiger partial charge in [-0.15, -0.1) is 11.3 Å². The average molecular weight is 546 g/mol. The smallest absolute Gasteiger partial charge is 0.237 e. The Balaban J connectivity index is 1.26. The van der Waals surface area contributed by atoms with Crippen LogP contribution in [-0.4, -0.2) is 78.4 Å². The molecular formula is C28H35N9OS. The van der Waals surface area contributed by atoms with E-state index in [2.05, 4.69) is 50.3 Å². The van der Waals surface area contributed by atoms with Crippen LogP contribution >= 0.6 is 11.3 Å². The number of thiophene rings is 1. The van der Waals surface area contributed by atoms with E-state index in [0.717, 1.165) is 92.7 Å². The van der Waals surface area contributed by atoms with E-state index >= 15 is 0 Å². The number of rotatable bonds is 4. The van der Waals surface area contributed by atoms with Crippen LogP contribution in [-0.2, 0) is 11.8 Å². The van der Waals surface area contributed by atoms with Gasteiger partial charge in [-0.05, 0) is 51.6 Å². The highest BCUT2D eigenvalue weighted by molar-refractivity contribution is 7.16. The zero-order valence-electron chi connectivity index (χ0n) is 22.4. The van der Waals surface area contributed by atoms with Crippen LogP contribution in [0.1, 0.15) is 54.5 Å². The summed E-state index contributed by atoms with van der Waals surface area (Å²) in [4.78, 5) is 18.7. The summed E-state index contributed by atoms with van der Waals surface area (Å²) in [7, 11) is 0. The minimum Gasteiger partial charge on any atom is -0.389 e. The number of pyridine rings is 1. The lowest BCUT2D eigenvalue weighted by molar-refractivity contribution is 0.230. The first-order valence-corrected chi connectivity index (χ1v) is 15.0. The summed E-state index contributed by atoms with van der Waals surface area (Å²) in [5, 5.41) is 18.4. The molecule has 3 fully saturated rings. The van der Waals surface area contributed by atoms with Gasteiger partial charge in [0.05, 0.1) is 11.0 Å². The Morgan fingerprint density at radius 3 is 2.85 bits per heavy atom. The fourth-order valence-corrected chi connectivity index (χ4v) is 8.14. The average Bonchev–Trinajstić information content (AvgIpc) is 3.72. The van der Waals surface area contributed by atoms with Crippen molar-refractivity contribution in [1.82, 2.24) is 25.3 Å². The highest BCUT2D eigenvalue weighted by atomic mass is 32.1. The van der Waals surface area contributed by atoms with Crippen LogP contribution in [0.3, 0.4) is 0 Å². The van der Waals surface area contributed by atoms with E-state index in [-0.39, 0.29) is 0 Å². The van der Waals surface area contributed by atoms with Gasteiger partial charge in [0.1, 0.15) is 22.6 Å². The summed E-state index contributed by atoms with van der Waals surface area (Å²) >= 11 is 1.52. The second-order valence-corrected chi connectivity index (χ2v) is 12.6. The number of piperazine rings is 2. The molecule has 3 saturated heterocycles. The number of aryl methyl sites for hydroxylation is 1. The van der Waals surface area contributed by atoms with Crippen molar-refractivity contribution in [3.8, 4) is 17.6 Å². The maximum Gasteiger partial charge on any atom is 0.237 e. The molecule has 3 aliphatic heterocycles. The molecule has 39 heavy (non-hydrogen) atoms. The fourth-order valence-electron chi connectivity index (χ4n) is 6.94. The summed E-state index contributed by atoms with van der Waals surface area (Å²) in [6.07, 6.45) is 5.28. The molecular weight excluding hydrogens is 510 g/mol. The first-order valence-electron chi connectivity index (χ1n) is 14.2. The SMILES string of the molecule is CC1(c2nc(-c3cc(N4CCNCC4)cc(N4CCN5CCC[C@@H]5C4)n3)no2)CCCc2sc(N)c(C#N)c21. The highest BCUT2D eigenvalue weighted by Crippen LogP contribution is 2.48. The van der Waals surface area contributed by atoms with Gasteiger partial charge >= 0.3 is 0 Å². The topological polar surface area (TPSA) is 123 Å². The third kappa shape index (κ3) is 4.26. The number of anilines is 3. The van der Waals surface area contributed by atoms with Crippen molar-refractivity contribution in [1.29, 1.82) is 5.26 Å². The molecule has 4 aliphatic rings. The molecule has 1 unspecified atom stereocenters. The molecule has 1 aliphatic carbocycles. The van der Waals surface area contributed by atoms with Crippen molar-refractivity contribution >= 4 is 27.8 Å². The molecule has 0 amide bonds. The van der Waals surface area contributed by atoms with Crippen LogP contribution in [0.2, 0.25) is 0 Å². The van der Waals surface area contributed by atoms with E-state index in [4.69, 9.17) is 20.2 Å². The molecule has 3 N–H and O–H groups in total. The van der Waals surface area contributed by atoms with Gasteiger partial charge < -0.3 is 25.4 Å². The molecule has 2 atom stereocenters. The molecule has 7 rings (SSSR count). The zero-order chi connectivity index (χ0) is 26.6. The molecule has 204 valence electrons. The van der Waals surface area contributed by atoms with E-state index < -0.39 is 5.41 Å². The van der Waals surface area contributed by atoms with Crippen LogP contribution in [0, 0.1) is 11.3 Å². The maximum absolute atomic E-state index is 9.87. The molecule has 0 spiro atoms. The monoisotopic (exact) mass is 545 g/mol. The third-order valence-electron chi connectivity index (χ3n) is 9.07. The number of nitrogen functional groups attached to an aromatic ring is 1. The molecule has 0 aromatic carbocycles. The molecule has 10 nitrogen and oxygen atoms in total. The number of hydrogen-bond acceptors (Lipinski definition) is 11. The first kappa shape index (κ1) is 24.8. The second-order valence-electron chi connectivity index (χ2n) is 11.4. The van der Waals surface area contributed by atoms with Crippen LogP contribution in [0.15, 0.2) is 16.7 Å². The lowest BCUT2D eigenvalue weighted by Gasteiger charge is -2.38. The Hall–Kier alpha value is -3.20. The van der Waals surface area contributed by atoms with Gasteiger partial charge in [0.15, 0.2) is 0 Å². The molecule has 11 heteroatoms. The Morgan fingerprint density at radius 2 is 2.00 bits per heavy atom. The normalized spacial score (nSPS) is 25.4. The van der Waals surface area contributed by atoms with Crippen molar-refractivity contribution in [3.05, 3.63) is 34.0 Å². The highest BCUT2D eigenvalue weighted by Gasteiger charge is 2.43. The lowest BCUT2D eigenvalue weighted by atomic mass is 9.72. The van der Waals surface area contributed by atoms with Gasteiger partial charge in [-0.1, -0.05) is 5.16 Å². The first-order chi connectivity index (χ1) is 19.0. The van der Waals surface area contributed by atoms with E-state index in [0.29, 0.717) is 28.3 Å². The van der Waals surface area contributed by atoms with Gasteiger partial charge in [-0.2, -0.15) is 10.2 Å². The summed E-state index contributed by atoms with van der Waals surface area (Å²) in [6.45, 7) is 10.2. The fraction of sp³-hybridized carbons (Fsp3) is 0.571. The zero-order valence-corrected chi connectivity index (χ0v) is 23.3. The predicted molar refractivity (Wildman–Crippen MR) is 152 cm³/mol. The number of nitrogens with one attached hydrogen (secondary N) is 1. The number of nitrogens with zero attached hydrogens (tertiary/aromatic N) is 7. The van der Waals surface area contributed by atoms with E-state index in [1.54, 1.807) is 0 Å². The molecule has 0 saturated carbocycles. The van der Waals surface area contributed by atoms with Crippen LogP contribution in [0.4, 0.5) is 16.5 Å². The quantitative estimate of drug-likeness (QED) is 0.506. The molecule has 6 heterocycles. The standard InChI is InChI=1S/C28H35N9OS/c1-28(6-2-5-22-24(28)20(16-29)25(30)39-22)27-33-26(34-38-27)21-14-19(36-10-7-31-8-11-36)15-23(32-21)37-13-12-35-9-3-4-18(35)17-37/h14-15,18,31H,2-13,17,30H2,1H3/t18-,28?/m1/s1. The number of aromatic nitrogens is 3. The van der Waals surface area contributed by atoms with Gasteiger partial charge in [0, 0.05) is 74.0 Å². The predicted octanol–water partition coefficient (Wildman–Crippen LogP) is 2.98. The van der Waals surface area contributed by atoms with E-state index in [1.165, 1.54) is 30.7 Å². The third-order valence-corrected chi connectivity index (χ3v) is 10.1. The molecule has 3 aromatic rings. The van der Waals surface area contributed by atoms with Crippen molar-refractivity contribution in [3.63, 3.8) is 0 Å². The molecule has 0 radical (unpaired) electrons. The molecule has 3 aromatic heterocycles. The number of nitriles is 1. The number of nitrogens with two attached hydrogens (primary N) is 1. The summed E-state index contributed by atoms with van der Waals surface area (Å²) in [5.74, 6) is 2.02. The van der Waals surface area contributed by atoms with Crippen molar-refractivity contribution in [2.75, 3.05) is 67.9 Å². The Labute approximate surface area is 232 Å². The maximum atomic E-state index is 9.87. The number of fused-ring (bicyclic) bond motifs is 2. The number of hydrogen-bond donors (Lipinski definition) is 2. The van der Waals surface area contributed by atoms with Gasteiger partial charge in [0.2, 0.25) is 11.7 Å². The Bertz CT molecular complexity index is 1420. The Kier molecular flexibility index (Phi) is 6.21. The van der Waals surface area contributed by atoms with Gasteiger partial charge in [0.25, 0.3) is 0 Å². The largest absolute Gasteiger partial charge is 0.389 e. The van der Waals surface area contributed by atoms with Gasteiger partial charge in [-0.25, -0.2) is 4.98 Å². The summed E-state index contributed by atoms with van der Waals surface area (Å²) in [6, 6.07) is 7.28. The van der Waals surface area contributed by atoms with Crippen LogP contribution in [0.5, 0.6) is 0 Å². The van der Waals surface area contributed by atoms with Crippen LogP contribution < -0.4 is 20.9 Å². The second kappa shape index (κ2) is 9.77. The van der Waals surface area contributed by atoms with E-state index in [1.807, 2.05) is 0 Å². The van der Waals surface area contributed by atoms with Crippen molar-refractivity contribution in [2.45, 2.75) is 50.5 Å². The van der Waals surface area contributed by atoms with Gasteiger partial charge in [-0.3, -0.25) is 4.90 Å². The van der Waals surface area contributed by atoms with Crippen LogP contribution in [0.25, 0.3) is 11.5 Å². The lowest BCUT2D eigenvalue weighted by Crippen LogP contribution is -2.50. The van der Waals surface area contributed by atoms with Crippen molar-refractivity contribution in [2.24, 2.45) is 0 Å². The van der Waals surface area contributed by atoms with E-state index in [9.17, 15) is 5.26 Å². The summed E-state index contributed by atoms with van der Waals surface area (Å²) in [5.41, 5.74) is 9.10. The van der Waals surface area contributed by atoms with Crippen molar-refractivity contribution < 1.29 is 4.52 Å². The minimum absolute atomic E-state index is 0.498. The minimum atomic E-state index is -0.546.